The van der Waals surface area contributed by atoms with Crippen LogP contribution < -0.4 is 0 Å². The largest absolute Gasteiger partial charge is 0.508 e. The average Bonchev–Trinajstić information content (AvgIpc) is 2.88. The van der Waals surface area contributed by atoms with E-state index in [9.17, 15) is 5.11 Å². The lowest BCUT2D eigenvalue weighted by Gasteiger charge is -2.32. The smallest absolute Gasteiger partial charge is 0.115 e. The quantitative estimate of drug-likeness (QED) is 0.860. The number of allylic oxidation sites excluding steroid dienone is 1. The molecule has 3 rings (SSSR count). The number of aromatic nitrogens is 2. The van der Waals surface area contributed by atoms with E-state index in [1.54, 1.807) is 6.07 Å². The van der Waals surface area contributed by atoms with Gasteiger partial charge in [-0.2, -0.15) is 5.10 Å². The molecule has 1 N–H and O–H groups in total. The summed E-state index contributed by atoms with van der Waals surface area (Å²) in [6.07, 6.45) is 6.29. The number of phenolic OH excluding ortho intramolecular Hbond substituents is 1. The summed E-state index contributed by atoms with van der Waals surface area (Å²) in [5.41, 5.74) is 3.68. The Morgan fingerprint density at radius 2 is 2.13 bits per heavy atom. The van der Waals surface area contributed by atoms with E-state index in [4.69, 9.17) is 0 Å². The molecular weight excluding hydrogens is 286 g/mol. The summed E-state index contributed by atoms with van der Waals surface area (Å²) in [6, 6.07) is 7.71. The van der Waals surface area contributed by atoms with Crippen LogP contribution in [0.15, 0.2) is 43.1 Å². The number of hydrogen-bond acceptors (Lipinski definition) is 3. The molecule has 1 aromatic heterocycles. The van der Waals surface area contributed by atoms with Gasteiger partial charge < -0.3 is 5.11 Å². The van der Waals surface area contributed by atoms with Crippen LogP contribution in [-0.2, 0) is 13.1 Å². The first-order valence-corrected chi connectivity index (χ1v) is 8.31. The van der Waals surface area contributed by atoms with Gasteiger partial charge in [-0.15, -0.1) is 6.58 Å². The Kier molecular flexibility index (Phi) is 4.82. The van der Waals surface area contributed by atoms with Crippen LogP contribution in [0.4, 0.5) is 0 Å². The zero-order valence-corrected chi connectivity index (χ0v) is 13.8. The van der Waals surface area contributed by atoms with Crippen LogP contribution in [0.5, 0.6) is 5.75 Å². The monoisotopic (exact) mass is 311 g/mol. The highest BCUT2D eigenvalue weighted by Crippen LogP contribution is 2.30. The average molecular weight is 311 g/mol. The standard InChI is InChI=1S/C19H25N3O/c1-3-9-22-14-18(15(2)20-22)13-21-10-7-16(8-11-21)17-5-4-6-19(23)12-17/h3-6,12,14,16,23H,1,7-11,13H2,2H3. The molecule has 0 atom stereocenters. The van der Waals surface area contributed by atoms with Gasteiger partial charge in [0.25, 0.3) is 0 Å². The molecule has 4 nitrogen and oxygen atoms in total. The van der Waals surface area contributed by atoms with Crippen molar-refractivity contribution in [2.24, 2.45) is 0 Å². The molecule has 1 aromatic carbocycles. The predicted octanol–water partition coefficient (Wildman–Crippen LogP) is 3.46. The first kappa shape index (κ1) is 15.8. The van der Waals surface area contributed by atoms with E-state index < -0.39 is 0 Å². The molecular formula is C19H25N3O. The van der Waals surface area contributed by atoms with Gasteiger partial charge in [0.1, 0.15) is 5.75 Å². The first-order chi connectivity index (χ1) is 11.2. The molecule has 0 bridgehead atoms. The van der Waals surface area contributed by atoms with Crippen molar-refractivity contribution < 1.29 is 5.11 Å². The fourth-order valence-electron chi connectivity index (χ4n) is 3.38. The van der Waals surface area contributed by atoms with Crippen molar-refractivity contribution in [1.82, 2.24) is 14.7 Å². The number of phenols is 1. The Hall–Kier alpha value is -2.07. The Balaban J connectivity index is 1.58. The van der Waals surface area contributed by atoms with Crippen LogP contribution in [0.1, 0.15) is 35.6 Å². The number of benzene rings is 1. The lowest BCUT2D eigenvalue weighted by molar-refractivity contribution is 0.204. The van der Waals surface area contributed by atoms with Gasteiger partial charge in [0.05, 0.1) is 12.2 Å². The fraction of sp³-hybridized carbons (Fsp3) is 0.421. The highest BCUT2D eigenvalue weighted by Gasteiger charge is 2.21. The van der Waals surface area contributed by atoms with Gasteiger partial charge in [-0.3, -0.25) is 9.58 Å². The van der Waals surface area contributed by atoms with Crippen LogP contribution >= 0.6 is 0 Å². The van der Waals surface area contributed by atoms with E-state index in [1.807, 2.05) is 22.9 Å². The molecule has 1 aliphatic rings. The molecule has 0 saturated carbocycles. The third kappa shape index (κ3) is 3.82. The lowest BCUT2D eigenvalue weighted by Crippen LogP contribution is -2.32. The summed E-state index contributed by atoms with van der Waals surface area (Å²) >= 11 is 0. The van der Waals surface area contributed by atoms with Gasteiger partial charge >= 0.3 is 0 Å². The van der Waals surface area contributed by atoms with Crippen molar-refractivity contribution in [1.29, 1.82) is 0 Å². The Bertz CT molecular complexity index is 669. The van der Waals surface area contributed by atoms with Crippen molar-refractivity contribution in [3.05, 3.63) is 59.9 Å². The second-order valence-corrected chi connectivity index (χ2v) is 6.40. The van der Waals surface area contributed by atoms with Crippen molar-refractivity contribution in [3.63, 3.8) is 0 Å². The van der Waals surface area contributed by atoms with E-state index in [0.29, 0.717) is 11.7 Å². The molecule has 122 valence electrons. The number of rotatable bonds is 5. The van der Waals surface area contributed by atoms with Gasteiger partial charge in [0.15, 0.2) is 0 Å². The Morgan fingerprint density at radius 3 is 2.83 bits per heavy atom. The number of likely N-dealkylation sites (tertiary alicyclic amines) is 1. The summed E-state index contributed by atoms with van der Waals surface area (Å²) in [5, 5.41) is 14.2. The molecule has 0 unspecified atom stereocenters. The molecule has 2 aromatic rings. The molecule has 2 heterocycles. The predicted molar refractivity (Wildman–Crippen MR) is 92.5 cm³/mol. The van der Waals surface area contributed by atoms with Gasteiger partial charge in [0.2, 0.25) is 0 Å². The molecule has 1 saturated heterocycles. The number of aryl methyl sites for hydroxylation is 1. The third-order valence-electron chi connectivity index (χ3n) is 4.69. The van der Waals surface area contributed by atoms with E-state index in [1.165, 1.54) is 11.1 Å². The molecule has 0 radical (unpaired) electrons. The Morgan fingerprint density at radius 1 is 1.35 bits per heavy atom. The molecule has 1 aliphatic heterocycles. The van der Waals surface area contributed by atoms with Crippen LogP contribution in [-0.4, -0.2) is 32.9 Å². The number of hydrogen-bond donors (Lipinski definition) is 1. The minimum Gasteiger partial charge on any atom is -0.508 e. The fourth-order valence-corrected chi connectivity index (χ4v) is 3.38. The van der Waals surface area contributed by atoms with E-state index in [2.05, 4.69) is 35.8 Å². The highest BCUT2D eigenvalue weighted by atomic mass is 16.3. The topological polar surface area (TPSA) is 41.3 Å². The van der Waals surface area contributed by atoms with Crippen molar-refractivity contribution >= 4 is 0 Å². The molecule has 0 spiro atoms. The van der Waals surface area contributed by atoms with Gasteiger partial charge in [-0.25, -0.2) is 0 Å². The summed E-state index contributed by atoms with van der Waals surface area (Å²) < 4.78 is 1.96. The van der Waals surface area contributed by atoms with Crippen molar-refractivity contribution in [2.45, 2.75) is 38.8 Å². The molecule has 1 fully saturated rings. The maximum absolute atomic E-state index is 9.64. The highest BCUT2D eigenvalue weighted by molar-refractivity contribution is 5.30. The summed E-state index contributed by atoms with van der Waals surface area (Å²) in [4.78, 5) is 2.50. The van der Waals surface area contributed by atoms with Crippen molar-refractivity contribution in [3.8, 4) is 5.75 Å². The maximum Gasteiger partial charge on any atom is 0.115 e. The van der Waals surface area contributed by atoms with E-state index in [0.717, 1.165) is 44.7 Å². The second kappa shape index (κ2) is 7.01. The summed E-state index contributed by atoms with van der Waals surface area (Å²) in [5.74, 6) is 0.929. The summed E-state index contributed by atoms with van der Waals surface area (Å²) in [6.45, 7) is 9.75. The van der Waals surface area contributed by atoms with Crippen LogP contribution in [0, 0.1) is 6.92 Å². The third-order valence-corrected chi connectivity index (χ3v) is 4.69. The Labute approximate surface area is 138 Å². The number of aromatic hydroxyl groups is 1. The van der Waals surface area contributed by atoms with Gasteiger partial charge in [-0.1, -0.05) is 18.2 Å². The normalized spacial score (nSPS) is 16.6. The second-order valence-electron chi connectivity index (χ2n) is 6.40. The van der Waals surface area contributed by atoms with Crippen LogP contribution in [0.2, 0.25) is 0 Å². The molecule has 0 aliphatic carbocycles. The molecule has 0 amide bonds. The zero-order chi connectivity index (χ0) is 16.2. The lowest BCUT2D eigenvalue weighted by atomic mass is 9.89. The van der Waals surface area contributed by atoms with Gasteiger partial charge in [-0.05, 0) is 56.5 Å². The number of nitrogens with zero attached hydrogens (tertiary/aromatic N) is 3. The zero-order valence-electron chi connectivity index (χ0n) is 13.8. The SMILES string of the molecule is C=CCn1cc(CN2CCC(c3cccc(O)c3)CC2)c(C)n1. The minimum atomic E-state index is 0.371. The first-order valence-electron chi connectivity index (χ1n) is 8.31. The molecule has 4 heteroatoms. The minimum absolute atomic E-state index is 0.371. The van der Waals surface area contributed by atoms with E-state index in [-0.39, 0.29) is 0 Å². The maximum atomic E-state index is 9.64. The van der Waals surface area contributed by atoms with Gasteiger partial charge in [0, 0.05) is 18.3 Å². The number of piperidine rings is 1. The van der Waals surface area contributed by atoms with E-state index >= 15 is 0 Å². The summed E-state index contributed by atoms with van der Waals surface area (Å²) in [7, 11) is 0. The van der Waals surface area contributed by atoms with Crippen LogP contribution in [0.3, 0.4) is 0 Å². The van der Waals surface area contributed by atoms with Crippen LogP contribution in [0.25, 0.3) is 0 Å². The van der Waals surface area contributed by atoms with Crippen molar-refractivity contribution in [2.75, 3.05) is 13.1 Å². The molecule has 23 heavy (non-hydrogen) atoms.